The number of hydrogen-bond acceptors (Lipinski definition) is 4. The molecule has 2 aromatic rings. The van der Waals surface area contributed by atoms with Crippen LogP contribution in [0.5, 0.6) is 11.5 Å². The van der Waals surface area contributed by atoms with Gasteiger partial charge in [0.2, 0.25) is 0 Å². The Morgan fingerprint density at radius 2 is 1.52 bits per heavy atom. The molecular formula is C26H41Cl2FN2O2. The summed E-state index contributed by atoms with van der Waals surface area (Å²) >= 11 is 0. The molecule has 7 heteroatoms. The van der Waals surface area contributed by atoms with Crippen LogP contribution in [-0.4, -0.2) is 38.2 Å². The first-order valence-electron chi connectivity index (χ1n) is 11.6. The molecule has 0 radical (unpaired) electrons. The minimum Gasteiger partial charge on any atom is -0.493 e. The molecule has 4 nitrogen and oxygen atoms in total. The third-order valence-corrected chi connectivity index (χ3v) is 5.38. The van der Waals surface area contributed by atoms with Crippen molar-refractivity contribution >= 4 is 24.8 Å². The zero-order valence-electron chi connectivity index (χ0n) is 20.3. The van der Waals surface area contributed by atoms with Crippen LogP contribution in [0.3, 0.4) is 0 Å². The van der Waals surface area contributed by atoms with Crippen LogP contribution < -0.4 is 14.8 Å². The lowest BCUT2D eigenvalue weighted by Crippen LogP contribution is -2.29. The molecule has 0 unspecified atom stereocenters. The SMILES string of the molecule is CCCCN(CCCC)CCCNCc1cccc(OC)c1OCc1ccc(F)cc1.Cl.Cl. The van der Waals surface area contributed by atoms with Crippen LogP contribution >= 0.6 is 24.8 Å². The van der Waals surface area contributed by atoms with E-state index in [1.54, 1.807) is 19.2 Å². The predicted octanol–water partition coefficient (Wildman–Crippen LogP) is 6.64. The van der Waals surface area contributed by atoms with E-state index in [2.05, 4.69) is 30.1 Å². The number of benzene rings is 2. The molecule has 188 valence electrons. The summed E-state index contributed by atoms with van der Waals surface area (Å²) in [6, 6.07) is 12.3. The molecular weight excluding hydrogens is 462 g/mol. The van der Waals surface area contributed by atoms with E-state index in [0.29, 0.717) is 12.4 Å². The zero-order valence-corrected chi connectivity index (χ0v) is 21.9. The lowest BCUT2D eigenvalue weighted by Gasteiger charge is -2.22. The fourth-order valence-electron chi connectivity index (χ4n) is 3.51. The van der Waals surface area contributed by atoms with E-state index in [1.165, 1.54) is 50.9 Å². The van der Waals surface area contributed by atoms with Crippen LogP contribution in [0.4, 0.5) is 4.39 Å². The minimum atomic E-state index is -0.242. The van der Waals surface area contributed by atoms with E-state index < -0.39 is 0 Å². The third-order valence-electron chi connectivity index (χ3n) is 5.38. The highest BCUT2D eigenvalue weighted by Crippen LogP contribution is 2.31. The summed E-state index contributed by atoms with van der Waals surface area (Å²) in [5.74, 6) is 1.22. The summed E-state index contributed by atoms with van der Waals surface area (Å²) in [5, 5.41) is 3.55. The Labute approximate surface area is 212 Å². The van der Waals surface area contributed by atoms with Crippen molar-refractivity contribution in [1.82, 2.24) is 10.2 Å². The Morgan fingerprint density at radius 3 is 2.12 bits per heavy atom. The standard InChI is InChI=1S/C26H39FN2O2.2ClH/c1-4-6-17-29(18-7-5-2)19-9-16-28-20-23-10-8-11-25(30-3)26(23)31-21-22-12-14-24(27)15-13-22;;/h8,10-15,28H,4-7,9,16-21H2,1-3H3;2*1H. The van der Waals surface area contributed by atoms with Crippen LogP contribution in [0, 0.1) is 5.82 Å². The maximum absolute atomic E-state index is 13.1. The fourth-order valence-corrected chi connectivity index (χ4v) is 3.51. The third kappa shape index (κ3) is 11.9. The summed E-state index contributed by atoms with van der Waals surface area (Å²) < 4.78 is 24.7. The van der Waals surface area contributed by atoms with E-state index in [0.717, 1.165) is 42.9 Å². The molecule has 1 N–H and O–H groups in total. The highest BCUT2D eigenvalue weighted by molar-refractivity contribution is 5.85. The Bertz CT molecular complexity index is 740. The van der Waals surface area contributed by atoms with Crippen molar-refractivity contribution in [3.8, 4) is 11.5 Å². The number of unbranched alkanes of at least 4 members (excludes halogenated alkanes) is 2. The number of para-hydroxylation sites is 1. The Balaban J connectivity index is 0.00000512. The average molecular weight is 504 g/mol. The van der Waals surface area contributed by atoms with Crippen molar-refractivity contribution in [2.45, 2.75) is 59.1 Å². The van der Waals surface area contributed by atoms with Gasteiger partial charge in [0, 0.05) is 12.1 Å². The molecule has 0 saturated carbocycles. The maximum atomic E-state index is 13.1. The summed E-state index contributed by atoms with van der Waals surface area (Å²) in [6.07, 6.45) is 6.17. The first-order valence-corrected chi connectivity index (χ1v) is 11.6. The van der Waals surface area contributed by atoms with Crippen molar-refractivity contribution in [2.75, 3.05) is 33.3 Å². The number of hydrogen-bond donors (Lipinski definition) is 1. The second-order valence-electron chi connectivity index (χ2n) is 7.94. The lowest BCUT2D eigenvalue weighted by molar-refractivity contribution is 0.260. The van der Waals surface area contributed by atoms with E-state index in [1.807, 2.05) is 12.1 Å². The highest BCUT2D eigenvalue weighted by atomic mass is 35.5. The summed E-state index contributed by atoms with van der Waals surface area (Å²) in [4.78, 5) is 2.59. The molecule has 0 aromatic heterocycles. The number of methoxy groups -OCH3 is 1. The van der Waals surface area contributed by atoms with Gasteiger partial charge in [0.05, 0.1) is 7.11 Å². The Morgan fingerprint density at radius 1 is 0.879 bits per heavy atom. The Hall–Kier alpha value is -1.53. The first kappa shape index (κ1) is 31.5. The van der Waals surface area contributed by atoms with Crippen LogP contribution in [-0.2, 0) is 13.2 Å². The number of nitrogens with one attached hydrogen (secondary N) is 1. The van der Waals surface area contributed by atoms with Gasteiger partial charge < -0.3 is 19.7 Å². The van der Waals surface area contributed by atoms with Gasteiger partial charge in [-0.05, 0) is 69.2 Å². The van der Waals surface area contributed by atoms with E-state index in [4.69, 9.17) is 9.47 Å². The van der Waals surface area contributed by atoms with E-state index >= 15 is 0 Å². The monoisotopic (exact) mass is 502 g/mol. The van der Waals surface area contributed by atoms with Crippen molar-refractivity contribution in [2.24, 2.45) is 0 Å². The fraction of sp³-hybridized carbons (Fsp3) is 0.538. The quantitative estimate of drug-likeness (QED) is 0.261. The van der Waals surface area contributed by atoms with Gasteiger partial charge in [-0.2, -0.15) is 0 Å². The molecule has 0 fully saturated rings. The van der Waals surface area contributed by atoms with Gasteiger partial charge >= 0.3 is 0 Å². The lowest BCUT2D eigenvalue weighted by atomic mass is 10.1. The molecule has 2 rings (SSSR count). The van der Waals surface area contributed by atoms with Gasteiger partial charge in [0.15, 0.2) is 11.5 Å². The number of halogens is 3. The molecule has 0 saturated heterocycles. The highest BCUT2D eigenvalue weighted by Gasteiger charge is 2.11. The van der Waals surface area contributed by atoms with Crippen LogP contribution in [0.2, 0.25) is 0 Å². The topological polar surface area (TPSA) is 33.7 Å². The molecule has 0 bridgehead atoms. The van der Waals surface area contributed by atoms with Crippen molar-refractivity contribution in [3.05, 3.63) is 59.4 Å². The van der Waals surface area contributed by atoms with Gasteiger partial charge in [-0.1, -0.05) is 51.0 Å². The second kappa shape index (κ2) is 18.8. The average Bonchev–Trinajstić information content (AvgIpc) is 2.79. The summed E-state index contributed by atoms with van der Waals surface area (Å²) in [5.41, 5.74) is 1.99. The van der Waals surface area contributed by atoms with Crippen molar-refractivity contribution in [1.29, 1.82) is 0 Å². The summed E-state index contributed by atoms with van der Waals surface area (Å²) in [7, 11) is 1.65. The smallest absolute Gasteiger partial charge is 0.166 e. The van der Waals surface area contributed by atoms with Gasteiger partial charge in [0.1, 0.15) is 12.4 Å². The number of rotatable bonds is 16. The predicted molar refractivity (Wildman–Crippen MR) is 141 cm³/mol. The second-order valence-corrected chi connectivity index (χ2v) is 7.94. The maximum Gasteiger partial charge on any atom is 0.166 e. The molecule has 0 amide bonds. The van der Waals surface area contributed by atoms with Crippen LogP contribution in [0.25, 0.3) is 0 Å². The van der Waals surface area contributed by atoms with Gasteiger partial charge in [0.25, 0.3) is 0 Å². The normalized spacial score (nSPS) is 10.5. The van der Waals surface area contributed by atoms with E-state index in [-0.39, 0.29) is 30.6 Å². The van der Waals surface area contributed by atoms with Crippen molar-refractivity contribution in [3.63, 3.8) is 0 Å². The van der Waals surface area contributed by atoms with Gasteiger partial charge in [-0.3, -0.25) is 0 Å². The van der Waals surface area contributed by atoms with Crippen LogP contribution in [0.1, 0.15) is 57.1 Å². The number of nitrogens with zero attached hydrogens (tertiary/aromatic N) is 1. The molecule has 0 aliphatic carbocycles. The van der Waals surface area contributed by atoms with Gasteiger partial charge in [-0.25, -0.2) is 4.39 Å². The molecule has 0 aliphatic rings. The summed E-state index contributed by atoms with van der Waals surface area (Å²) in [6.45, 7) is 10.1. The molecule has 0 atom stereocenters. The molecule has 0 aliphatic heterocycles. The Kier molecular flexibility index (Phi) is 18.0. The van der Waals surface area contributed by atoms with Gasteiger partial charge in [-0.15, -0.1) is 24.8 Å². The molecule has 0 spiro atoms. The minimum absolute atomic E-state index is 0. The van der Waals surface area contributed by atoms with Crippen molar-refractivity contribution < 1.29 is 13.9 Å². The molecule has 2 aromatic carbocycles. The van der Waals surface area contributed by atoms with Crippen LogP contribution in [0.15, 0.2) is 42.5 Å². The molecule has 0 heterocycles. The van der Waals surface area contributed by atoms with E-state index in [9.17, 15) is 4.39 Å². The number of ether oxygens (including phenoxy) is 2. The molecule has 33 heavy (non-hydrogen) atoms. The zero-order chi connectivity index (χ0) is 22.3. The first-order chi connectivity index (χ1) is 15.2. The largest absolute Gasteiger partial charge is 0.493 e.